The van der Waals surface area contributed by atoms with Gasteiger partial charge in [-0.15, -0.1) is 0 Å². The number of amides is 1. The number of hydrogen-bond acceptors (Lipinski definition) is 4. The van der Waals surface area contributed by atoms with Crippen molar-refractivity contribution in [2.24, 2.45) is 0 Å². The van der Waals surface area contributed by atoms with Crippen LogP contribution in [0.4, 0.5) is 4.39 Å². The number of aromatic nitrogens is 2. The summed E-state index contributed by atoms with van der Waals surface area (Å²) in [6, 6.07) is 9.86. The van der Waals surface area contributed by atoms with Gasteiger partial charge in [0.15, 0.2) is 0 Å². The molecule has 0 bridgehead atoms. The van der Waals surface area contributed by atoms with Crippen molar-refractivity contribution in [3.8, 4) is 5.75 Å². The van der Waals surface area contributed by atoms with Crippen LogP contribution in [-0.2, 0) is 6.54 Å². The molecule has 6 nitrogen and oxygen atoms in total. The van der Waals surface area contributed by atoms with E-state index in [0.29, 0.717) is 5.39 Å². The first kappa shape index (κ1) is 16.6. The molecule has 25 heavy (non-hydrogen) atoms. The monoisotopic (exact) mass is 341 g/mol. The average Bonchev–Trinajstić information content (AvgIpc) is 2.57. The molecule has 0 radical (unpaired) electrons. The molecule has 7 heteroatoms. The summed E-state index contributed by atoms with van der Waals surface area (Å²) in [5, 5.41) is 17.7. The fourth-order valence-electron chi connectivity index (χ4n) is 2.56. The number of halogens is 1. The zero-order chi connectivity index (χ0) is 18.0. The number of aromatic hydroxyl groups is 1. The minimum atomic E-state index is -0.631. The number of phenols is 1. The van der Waals surface area contributed by atoms with Gasteiger partial charge in [-0.1, -0.05) is 18.2 Å². The van der Waals surface area contributed by atoms with E-state index in [-0.39, 0.29) is 17.7 Å². The quantitative estimate of drug-likeness (QED) is 0.761. The van der Waals surface area contributed by atoms with Crippen LogP contribution < -0.4 is 10.9 Å². The molecule has 1 aromatic heterocycles. The Labute approximate surface area is 142 Å². The van der Waals surface area contributed by atoms with E-state index >= 15 is 0 Å². The summed E-state index contributed by atoms with van der Waals surface area (Å²) in [4.78, 5) is 24.6. The Morgan fingerprint density at radius 1 is 1.32 bits per heavy atom. The lowest BCUT2D eigenvalue weighted by atomic mass is 10.1. The predicted molar refractivity (Wildman–Crippen MR) is 91.0 cm³/mol. The number of phenolic OH excluding ortho intramolecular Hbond substituents is 1. The third-order valence-corrected chi connectivity index (χ3v) is 3.79. The molecule has 0 fully saturated rings. The van der Waals surface area contributed by atoms with E-state index in [0.717, 1.165) is 17.5 Å². The van der Waals surface area contributed by atoms with Gasteiger partial charge in [0.1, 0.15) is 11.6 Å². The molecule has 1 amide bonds. The second-order valence-corrected chi connectivity index (χ2v) is 5.76. The topological polar surface area (TPSA) is 84.2 Å². The van der Waals surface area contributed by atoms with Crippen LogP contribution in [0.15, 0.2) is 53.5 Å². The summed E-state index contributed by atoms with van der Waals surface area (Å²) in [7, 11) is 0. The predicted octanol–water partition coefficient (Wildman–Crippen LogP) is 2.06. The maximum Gasteiger partial charge on any atom is 0.274 e. The van der Waals surface area contributed by atoms with Gasteiger partial charge in [-0.05, 0) is 25.1 Å². The van der Waals surface area contributed by atoms with Gasteiger partial charge in [0.2, 0.25) is 0 Å². The number of carbonyl (C=O) groups is 1. The molecule has 0 aliphatic carbocycles. The number of nitrogens with zero attached hydrogens (tertiary/aromatic N) is 2. The molecule has 1 atom stereocenters. The van der Waals surface area contributed by atoms with Crippen LogP contribution in [0.2, 0.25) is 0 Å². The number of rotatable bonds is 4. The lowest BCUT2D eigenvalue weighted by molar-refractivity contribution is 0.0933. The van der Waals surface area contributed by atoms with Gasteiger partial charge in [-0.3, -0.25) is 9.59 Å². The van der Waals surface area contributed by atoms with Crippen molar-refractivity contribution < 1.29 is 14.3 Å². The van der Waals surface area contributed by atoms with Gasteiger partial charge in [-0.2, -0.15) is 5.10 Å². The van der Waals surface area contributed by atoms with E-state index in [2.05, 4.69) is 10.4 Å². The Morgan fingerprint density at radius 2 is 2.08 bits per heavy atom. The molecule has 0 spiro atoms. The van der Waals surface area contributed by atoms with Crippen LogP contribution in [0.1, 0.15) is 17.3 Å². The first-order valence-corrected chi connectivity index (χ1v) is 7.70. The van der Waals surface area contributed by atoms with E-state index in [9.17, 15) is 19.1 Å². The number of nitrogens with one attached hydrogen (secondary N) is 1. The van der Waals surface area contributed by atoms with Gasteiger partial charge >= 0.3 is 0 Å². The Hall–Kier alpha value is -3.22. The molecule has 128 valence electrons. The Bertz CT molecular complexity index is 1000. The molecule has 1 heterocycles. The van der Waals surface area contributed by atoms with Crippen LogP contribution >= 0.6 is 0 Å². The zero-order valence-electron chi connectivity index (χ0n) is 13.4. The molecule has 2 aromatic carbocycles. The summed E-state index contributed by atoms with van der Waals surface area (Å²) in [6.07, 6.45) is 1.59. The van der Waals surface area contributed by atoms with Crippen molar-refractivity contribution in [1.82, 2.24) is 15.1 Å². The maximum absolute atomic E-state index is 13.0. The molecule has 1 unspecified atom stereocenters. The standard InChI is InChI=1S/C18H16FN3O3/c1-11(21-17(24)15-7-6-13(19)8-16(15)23)10-22-18(25)14-5-3-2-4-12(14)9-20-22/h2-9,11,23H,10H2,1H3,(H,21,24). The summed E-state index contributed by atoms with van der Waals surface area (Å²) in [5.74, 6) is -1.63. The summed E-state index contributed by atoms with van der Waals surface area (Å²) < 4.78 is 14.3. The van der Waals surface area contributed by atoms with E-state index in [1.165, 1.54) is 10.7 Å². The molecule has 0 saturated carbocycles. The van der Waals surface area contributed by atoms with Crippen molar-refractivity contribution >= 4 is 16.7 Å². The molecule has 3 rings (SSSR count). The van der Waals surface area contributed by atoms with Gasteiger partial charge in [0.25, 0.3) is 11.5 Å². The van der Waals surface area contributed by atoms with Crippen molar-refractivity contribution in [2.45, 2.75) is 19.5 Å². The Morgan fingerprint density at radius 3 is 2.84 bits per heavy atom. The minimum Gasteiger partial charge on any atom is -0.507 e. The fraction of sp³-hybridized carbons (Fsp3) is 0.167. The summed E-state index contributed by atoms with van der Waals surface area (Å²) >= 11 is 0. The number of benzene rings is 2. The fourth-order valence-corrected chi connectivity index (χ4v) is 2.56. The smallest absolute Gasteiger partial charge is 0.274 e. The number of hydrogen-bond donors (Lipinski definition) is 2. The van der Waals surface area contributed by atoms with E-state index in [1.54, 1.807) is 31.3 Å². The maximum atomic E-state index is 13.0. The Kier molecular flexibility index (Phi) is 4.47. The normalized spacial score (nSPS) is 12.1. The van der Waals surface area contributed by atoms with Crippen LogP contribution in [-0.4, -0.2) is 26.8 Å². The highest BCUT2D eigenvalue weighted by molar-refractivity contribution is 5.96. The lowest BCUT2D eigenvalue weighted by Gasteiger charge is -2.15. The van der Waals surface area contributed by atoms with Gasteiger partial charge in [-0.25, -0.2) is 9.07 Å². The second kappa shape index (κ2) is 6.72. The first-order valence-electron chi connectivity index (χ1n) is 7.70. The third-order valence-electron chi connectivity index (χ3n) is 3.79. The number of carbonyl (C=O) groups excluding carboxylic acids is 1. The minimum absolute atomic E-state index is 0.0351. The summed E-state index contributed by atoms with van der Waals surface area (Å²) in [6.45, 7) is 1.87. The molecule has 0 aliphatic heterocycles. The van der Waals surface area contributed by atoms with E-state index in [1.807, 2.05) is 6.07 Å². The highest BCUT2D eigenvalue weighted by Gasteiger charge is 2.15. The highest BCUT2D eigenvalue weighted by Crippen LogP contribution is 2.18. The Balaban J connectivity index is 1.76. The number of fused-ring (bicyclic) bond motifs is 1. The molecule has 0 aliphatic rings. The van der Waals surface area contributed by atoms with E-state index in [4.69, 9.17) is 0 Å². The third kappa shape index (κ3) is 3.50. The van der Waals surface area contributed by atoms with Crippen molar-refractivity contribution in [3.05, 3.63) is 70.4 Å². The average molecular weight is 341 g/mol. The highest BCUT2D eigenvalue weighted by atomic mass is 19.1. The van der Waals surface area contributed by atoms with Crippen molar-refractivity contribution in [3.63, 3.8) is 0 Å². The SMILES string of the molecule is CC(Cn1ncc2ccccc2c1=O)NC(=O)c1ccc(F)cc1O. The molecular weight excluding hydrogens is 325 g/mol. The first-order chi connectivity index (χ1) is 12.0. The largest absolute Gasteiger partial charge is 0.507 e. The second-order valence-electron chi connectivity index (χ2n) is 5.76. The van der Waals surface area contributed by atoms with Crippen LogP contribution in [0.25, 0.3) is 10.8 Å². The van der Waals surface area contributed by atoms with E-state index < -0.39 is 23.5 Å². The van der Waals surface area contributed by atoms with Gasteiger partial charge < -0.3 is 10.4 Å². The van der Waals surface area contributed by atoms with Crippen LogP contribution in [0, 0.1) is 5.82 Å². The van der Waals surface area contributed by atoms with Crippen molar-refractivity contribution in [2.75, 3.05) is 0 Å². The van der Waals surface area contributed by atoms with Crippen LogP contribution in [0.5, 0.6) is 5.75 Å². The summed E-state index contributed by atoms with van der Waals surface area (Å²) in [5.41, 5.74) is -0.282. The van der Waals surface area contributed by atoms with Crippen LogP contribution in [0.3, 0.4) is 0 Å². The molecule has 0 saturated heterocycles. The zero-order valence-corrected chi connectivity index (χ0v) is 13.4. The van der Waals surface area contributed by atoms with Crippen molar-refractivity contribution in [1.29, 1.82) is 0 Å². The molecule has 3 aromatic rings. The van der Waals surface area contributed by atoms with Gasteiger partial charge in [0, 0.05) is 17.5 Å². The van der Waals surface area contributed by atoms with Gasteiger partial charge in [0.05, 0.1) is 23.7 Å². The molecule has 2 N–H and O–H groups in total. The molecular formula is C18H16FN3O3. The lowest BCUT2D eigenvalue weighted by Crippen LogP contribution is -2.39.